The number of amides is 1. The Hall–Kier alpha value is -2.01. The Kier molecular flexibility index (Phi) is 4.10. The number of para-hydroxylation sites is 1. The average Bonchev–Trinajstić information content (AvgIpc) is 2.52. The first-order valence-corrected chi connectivity index (χ1v) is 7.40. The van der Waals surface area contributed by atoms with E-state index >= 15 is 0 Å². The Morgan fingerprint density at radius 3 is 3.00 bits per heavy atom. The quantitative estimate of drug-likeness (QED) is 0.903. The van der Waals surface area contributed by atoms with Crippen molar-refractivity contribution in [1.82, 2.24) is 15.3 Å². The fourth-order valence-electron chi connectivity index (χ4n) is 2.96. The number of fused-ring (bicyclic) bond motifs is 1. The van der Waals surface area contributed by atoms with E-state index in [2.05, 4.69) is 15.3 Å². The van der Waals surface area contributed by atoms with Crippen molar-refractivity contribution in [3.8, 4) is 0 Å². The topological polar surface area (TPSA) is 75.1 Å². The Morgan fingerprint density at radius 1 is 1.29 bits per heavy atom. The summed E-state index contributed by atoms with van der Waals surface area (Å²) in [5.74, 6) is 0.236. The van der Waals surface area contributed by atoms with Crippen LogP contribution in [0.5, 0.6) is 0 Å². The van der Waals surface area contributed by atoms with Crippen molar-refractivity contribution in [2.24, 2.45) is 5.92 Å². The predicted molar refractivity (Wildman–Crippen MR) is 79.8 cm³/mol. The molecule has 1 fully saturated rings. The molecule has 2 unspecified atom stereocenters. The van der Waals surface area contributed by atoms with Gasteiger partial charge in [0.15, 0.2) is 0 Å². The SMILES string of the molecule is O=C(NCC1CCCC(O)C1)c1cccc2nccnc12. The molecule has 0 radical (unpaired) electrons. The third kappa shape index (κ3) is 3.19. The number of nitrogens with one attached hydrogen (secondary N) is 1. The van der Waals surface area contributed by atoms with Crippen LogP contribution in [0.2, 0.25) is 0 Å². The molecule has 0 aliphatic heterocycles. The van der Waals surface area contributed by atoms with Crippen molar-refractivity contribution in [2.45, 2.75) is 31.8 Å². The van der Waals surface area contributed by atoms with E-state index in [0.717, 1.165) is 31.2 Å². The number of benzene rings is 1. The van der Waals surface area contributed by atoms with E-state index < -0.39 is 0 Å². The molecule has 1 aliphatic rings. The van der Waals surface area contributed by atoms with Crippen LogP contribution in [0.15, 0.2) is 30.6 Å². The summed E-state index contributed by atoms with van der Waals surface area (Å²) in [4.78, 5) is 20.8. The Morgan fingerprint density at radius 2 is 2.14 bits per heavy atom. The number of carbonyl (C=O) groups excluding carboxylic acids is 1. The number of aromatic nitrogens is 2. The largest absolute Gasteiger partial charge is 0.393 e. The zero-order chi connectivity index (χ0) is 14.7. The lowest BCUT2D eigenvalue weighted by atomic mass is 9.87. The molecule has 1 aromatic heterocycles. The standard InChI is InChI=1S/C16H19N3O2/c20-12-4-1-3-11(9-12)10-19-16(21)13-5-2-6-14-15(13)18-8-7-17-14/h2,5-8,11-12,20H,1,3-4,9-10H2,(H,19,21). The highest BCUT2D eigenvalue weighted by Crippen LogP contribution is 2.23. The van der Waals surface area contributed by atoms with Gasteiger partial charge in [-0.25, -0.2) is 0 Å². The van der Waals surface area contributed by atoms with Gasteiger partial charge in [-0.2, -0.15) is 0 Å². The van der Waals surface area contributed by atoms with Crippen LogP contribution in [0.4, 0.5) is 0 Å². The second-order valence-electron chi connectivity index (χ2n) is 5.63. The van der Waals surface area contributed by atoms with E-state index in [9.17, 15) is 9.90 Å². The lowest BCUT2D eigenvalue weighted by Crippen LogP contribution is -2.33. The fourth-order valence-corrected chi connectivity index (χ4v) is 2.96. The molecule has 1 aromatic carbocycles. The van der Waals surface area contributed by atoms with Gasteiger partial charge < -0.3 is 10.4 Å². The summed E-state index contributed by atoms with van der Waals surface area (Å²) in [7, 11) is 0. The Bertz CT molecular complexity index is 639. The molecule has 1 heterocycles. The van der Waals surface area contributed by atoms with Crippen LogP contribution in [0.3, 0.4) is 0 Å². The van der Waals surface area contributed by atoms with Crippen LogP contribution in [-0.2, 0) is 0 Å². The zero-order valence-corrected chi connectivity index (χ0v) is 11.8. The number of aliphatic hydroxyl groups is 1. The summed E-state index contributed by atoms with van der Waals surface area (Å²) in [5.41, 5.74) is 1.90. The van der Waals surface area contributed by atoms with Gasteiger partial charge in [-0.15, -0.1) is 0 Å². The second-order valence-corrected chi connectivity index (χ2v) is 5.63. The highest BCUT2D eigenvalue weighted by molar-refractivity contribution is 6.04. The summed E-state index contributed by atoms with van der Waals surface area (Å²) in [6.07, 6.45) is 6.74. The van der Waals surface area contributed by atoms with Crippen LogP contribution in [0, 0.1) is 5.92 Å². The Labute approximate surface area is 123 Å². The zero-order valence-electron chi connectivity index (χ0n) is 11.8. The maximum absolute atomic E-state index is 12.3. The van der Waals surface area contributed by atoms with Crippen molar-refractivity contribution in [2.75, 3.05) is 6.54 Å². The fraction of sp³-hybridized carbons (Fsp3) is 0.438. The van der Waals surface area contributed by atoms with E-state index in [1.165, 1.54) is 0 Å². The molecule has 5 heteroatoms. The number of hydrogen-bond acceptors (Lipinski definition) is 4. The lowest BCUT2D eigenvalue weighted by Gasteiger charge is -2.25. The van der Waals surface area contributed by atoms with Crippen LogP contribution >= 0.6 is 0 Å². The molecular weight excluding hydrogens is 266 g/mol. The summed E-state index contributed by atoms with van der Waals surface area (Å²) in [6.45, 7) is 0.604. The molecule has 0 saturated heterocycles. The lowest BCUT2D eigenvalue weighted by molar-refractivity contribution is 0.0875. The van der Waals surface area contributed by atoms with Gasteiger partial charge in [0.2, 0.25) is 0 Å². The molecule has 21 heavy (non-hydrogen) atoms. The molecule has 5 nitrogen and oxygen atoms in total. The second kappa shape index (κ2) is 6.18. The molecule has 2 atom stereocenters. The average molecular weight is 285 g/mol. The first kappa shape index (κ1) is 13.9. The normalized spacial score (nSPS) is 22.1. The molecule has 2 aromatic rings. The molecule has 1 amide bonds. The van der Waals surface area contributed by atoms with E-state index in [0.29, 0.717) is 23.5 Å². The molecule has 1 aliphatic carbocycles. The van der Waals surface area contributed by atoms with Gasteiger partial charge in [0, 0.05) is 18.9 Å². The molecule has 2 N–H and O–H groups in total. The highest BCUT2D eigenvalue weighted by atomic mass is 16.3. The number of hydrogen-bond donors (Lipinski definition) is 2. The van der Waals surface area contributed by atoms with Crippen molar-refractivity contribution < 1.29 is 9.90 Å². The minimum absolute atomic E-state index is 0.124. The van der Waals surface area contributed by atoms with Crippen molar-refractivity contribution in [3.63, 3.8) is 0 Å². The monoisotopic (exact) mass is 285 g/mol. The number of nitrogens with zero attached hydrogens (tertiary/aromatic N) is 2. The summed E-state index contributed by atoms with van der Waals surface area (Å²) in [6, 6.07) is 5.43. The molecule has 110 valence electrons. The third-order valence-electron chi connectivity index (χ3n) is 4.05. The van der Waals surface area contributed by atoms with Gasteiger partial charge in [-0.05, 0) is 37.3 Å². The van der Waals surface area contributed by atoms with Crippen LogP contribution in [-0.4, -0.2) is 33.6 Å². The maximum atomic E-state index is 12.3. The van der Waals surface area contributed by atoms with Gasteiger partial charge in [0.05, 0.1) is 17.2 Å². The summed E-state index contributed by atoms with van der Waals surface area (Å²) in [5, 5.41) is 12.6. The van der Waals surface area contributed by atoms with Gasteiger partial charge >= 0.3 is 0 Å². The molecule has 0 bridgehead atoms. The summed E-state index contributed by atoms with van der Waals surface area (Å²) < 4.78 is 0. The van der Waals surface area contributed by atoms with E-state index in [1.54, 1.807) is 18.5 Å². The maximum Gasteiger partial charge on any atom is 0.253 e. The van der Waals surface area contributed by atoms with Crippen LogP contribution in [0.1, 0.15) is 36.0 Å². The predicted octanol–water partition coefficient (Wildman–Crippen LogP) is 1.91. The van der Waals surface area contributed by atoms with Crippen molar-refractivity contribution >= 4 is 16.9 Å². The highest BCUT2D eigenvalue weighted by Gasteiger charge is 2.21. The molecule has 1 saturated carbocycles. The first-order chi connectivity index (χ1) is 10.2. The van der Waals surface area contributed by atoms with E-state index in [4.69, 9.17) is 0 Å². The third-order valence-corrected chi connectivity index (χ3v) is 4.05. The van der Waals surface area contributed by atoms with Crippen LogP contribution in [0.25, 0.3) is 11.0 Å². The van der Waals surface area contributed by atoms with Crippen LogP contribution < -0.4 is 5.32 Å². The smallest absolute Gasteiger partial charge is 0.253 e. The van der Waals surface area contributed by atoms with Crippen molar-refractivity contribution in [1.29, 1.82) is 0 Å². The summed E-state index contributed by atoms with van der Waals surface area (Å²) >= 11 is 0. The number of rotatable bonds is 3. The minimum Gasteiger partial charge on any atom is -0.393 e. The first-order valence-electron chi connectivity index (χ1n) is 7.40. The Balaban J connectivity index is 1.69. The number of carbonyl (C=O) groups is 1. The van der Waals surface area contributed by atoms with Gasteiger partial charge in [0.25, 0.3) is 5.91 Å². The van der Waals surface area contributed by atoms with E-state index in [-0.39, 0.29) is 12.0 Å². The number of aliphatic hydroxyl groups excluding tert-OH is 1. The van der Waals surface area contributed by atoms with Crippen molar-refractivity contribution in [3.05, 3.63) is 36.2 Å². The van der Waals surface area contributed by atoms with Gasteiger partial charge in [0.1, 0.15) is 5.52 Å². The molecule has 3 rings (SSSR count). The minimum atomic E-state index is -0.218. The van der Waals surface area contributed by atoms with Gasteiger partial charge in [-0.3, -0.25) is 14.8 Å². The van der Waals surface area contributed by atoms with Gasteiger partial charge in [-0.1, -0.05) is 12.5 Å². The molecule has 0 spiro atoms. The molecular formula is C16H19N3O2. The van der Waals surface area contributed by atoms with E-state index in [1.807, 2.05) is 12.1 Å².